The summed E-state index contributed by atoms with van der Waals surface area (Å²) in [5.74, 6) is 1.40. The van der Waals surface area contributed by atoms with Crippen LogP contribution in [0.5, 0.6) is 23.0 Å². The number of benzene rings is 2. The van der Waals surface area contributed by atoms with Crippen molar-refractivity contribution in [1.82, 2.24) is 0 Å². The van der Waals surface area contributed by atoms with E-state index in [1.165, 1.54) is 52.7 Å². The summed E-state index contributed by atoms with van der Waals surface area (Å²) in [5.41, 5.74) is 0. The van der Waals surface area contributed by atoms with Gasteiger partial charge in [-0.05, 0) is 24.3 Å². The average molecular weight is 338 g/mol. The van der Waals surface area contributed by atoms with E-state index in [0.717, 1.165) is 0 Å². The molecule has 0 amide bonds. The normalized spacial score (nSPS) is 11.0. The van der Waals surface area contributed by atoms with Crippen molar-refractivity contribution in [2.75, 3.05) is 28.4 Å². The molecule has 0 aliphatic rings. The quantitative estimate of drug-likeness (QED) is 0.806. The smallest absolute Gasteiger partial charge is 0.213 e. The lowest BCUT2D eigenvalue weighted by molar-refractivity contribution is 0.383. The summed E-state index contributed by atoms with van der Waals surface area (Å²) in [6.07, 6.45) is 0. The maximum atomic E-state index is 13.0. The minimum absolute atomic E-state index is 0.0317. The van der Waals surface area contributed by atoms with Gasteiger partial charge in [-0.2, -0.15) is 0 Å². The molecular weight excluding hydrogens is 320 g/mol. The molecular formula is C16H18O6S. The Bertz CT molecular complexity index is 737. The number of sulfone groups is 1. The highest BCUT2D eigenvalue weighted by atomic mass is 32.2. The van der Waals surface area contributed by atoms with Gasteiger partial charge in [0, 0.05) is 12.1 Å². The van der Waals surface area contributed by atoms with Crippen LogP contribution in [0.15, 0.2) is 46.2 Å². The van der Waals surface area contributed by atoms with Crippen LogP contribution >= 0.6 is 0 Å². The number of ether oxygens (including phenoxy) is 4. The van der Waals surface area contributed by atoms with Crippen molar-refractivity contribution >= 4 is 9.84 Å². The number of rotatable bonds is 6. The highest BCUT2D eigenvalue weighted by molar-refractivity contribution is 7.91. The van der Waals surface area contributed by atoms with E-state index in [1.54, 1.807) is 12.1 Å². The third kappa shape index (κ3) is 3.19. The van der Waals surface area contributed by atoms with Crippen LogP contribution in [0.1, 0.15) is 0 Å². The second kappa shape index (κ2) is 6.78. The van der Waals surface area contributed by atoms with E-state index in [-0.39, 0.29) is 21.3 Å². The largest absolute Gasteiger partial charge is 0.497 e. The van der Waals surface area contributed by atoms with Gasteiger partial charge in [-0.25, -0.2) is 8.42 Å². The average Bonchev–Trinajstić information content (AvgIpc) is 2.60. The van der Waals surface area contributed by atoms with Crippen LogP contribution in [0.25, 0.3) is 0 Å². The van der Waals surface area contributed by atoms with E-state index < -0.39 is 9.84 Å². The summed E-state index contributed by atoms with van der Waals surface area (Å²) in [4.78, 5) is 0.0635. The van der Waals surface area contributed by atoms with Gasteiger partial charge in [0.2, 0.25) is 9.84 Å². The Labute approximate surface area is 135 Å². The molecule has 0 aromatic heterocycles. The van der Waals surface area contributed by atoms with Crippen LogP contribution in [-0.4, -0.2) is 36.9 Å². The SMILES string of the molecule is COc1ccc(S(=O)(=O)c2ccc(OC)cc2OC)c(OC)c1. The summed E-state index contributed by atoms with van der Waals surface area (Å²) < 4.78 is 46.5. The topological polar surface area (TPSA) is 71.1 Å². The number of methoxy groups -OCH3 is 4. The Morgan fingerprint density at radius 2 is 1.04 bits per heavy atom. The van der Waals surface area contributed by atoms with Crippen LogP contribution in [0.3, 0.4) is 0 Å². The molecule has 0 bridgehead atoms. The lowest BCUT2D eigenvalue weighted by Gasteiger charge is -2.14. The maximum Gasteiger partial charge on any atom is 0.213 e. The third-order valence-corrected chi connectivity index (χ3v) is 5.15. The van der Waals surface area contributed by atoms with Crippen LogP contribution < -0.4 is 18.9 Å². The van der Waals surface area contributed by atoms with E-state index in [4.69, 9.17) is 18.9 Å². The molecule has 2 aromatic rings. The molecule has 2 aromatic carbocycles. The first kappa shape index (κ1) is 17.0. The molecule has 0 heterocycles. The highest BCUT2D eigenvalue weighted by Crippen LogP contribution is 2.37. The monoisotopic (exact) mass is 338 g/mol. The first-order chi connectivity index (χ1) is 11.0. The molecule has 7 heteroatoms. The maximum absolute atomic E-state index is 13.0. The van der Waals surface area contributed by atoms with Crippen molar-refractivity contribution in [1.29, 1.82) is 0 Å². The van der Waals surface area contributed by atoms with Crippen molar-refractivity contribution in [2.45, 2.75) is 9.79 Å². The Kier molecular flexibility index (Phi) is 5.00. The van der Waals surface area contributed by atoms with Gasteiger partial charge in [-0.3, -0.25) is 0 Å². The van der Waals surface area contributed by atoms with E-state index in [2.05, 4.69) is 0 Å². The second-order valence-electron chi connectivity index (χ2n) is 4.54. The molecule has 23 heavy (non-hydrogen) atoms. The molecule has 0 unspecified atom stereocenters. The molecule has 0 fully saturated rings. The van der Waals surface area contributed by atoms with Gasteiger partial charge < -0.3 is 18.9 Å². The van der Waals surface area contributed by atoms with Crippen molar-refractivity contribution in [3.8, 4) is 23.0 Å². The molecule has 0 spiro atoms. The molecule has 0 saturated carbocycles. The second-order valence-corrected chi connectivity index (χ2v) is 6.42. The molecule has 0 saturated heterocycles. The zero-order valence-electron chi connectivity index (χ0n) is 13.3. The molecule has 0 aliphatic carbocycles. The fourth-order valence-corrected chi connectivity index (χ4v) is 3.66. The fourth-order valence-electron chi connectivity index (χ4n) is 2.11. The minimum Gasteiger partial charge on any atom is -0.497 e. The lowest BCUT2D eigenvalue weighted by atomic mass is 10.3. The van der Waals surface area contributed by atoms with Gasteiger partial charge in [0.1, 0.15) is 32.8 Å². The fraction of sp³-hybridized carbons (Fsp3) is 0.250. The zero-order chi connectivity index (χ0) is 17.0. The molecule has 6 nitrogen and oxygen atoms in total. The summed E-state index contributed by atoms with van der Waals surface area (Å²) >= 11 is 0. The molecule has 0 aliphatic heterocycles. The van der Waals surface area contributed by atoms with Crippen LogP contribution in [0.4, 0.5) is 0 Å². The lowest BCUT2D eigenvalue weighted by Crippen LogP contribution is -2.06. The van der Waals surface area contributed by atoms with Crippen LogP contribution in [0.2, 0.25) is 0 Å². The van der Waals surface area contributed by atoms with Crippen molar-refractivity contribution in [3.63, 3.8) is 0 Å². The van der Waals surface area contributed by atoms with Crippen molar-refractivity contribution < 1.29 is 27.4 Å². The molecule has 0 atom stereocenters. The van der Waals surface area contributed by atoms with E-state index in [9.17, 15) is 8.42 Å². The van der Waals surface area contributed by atoms with E-state index >= 15 is 0 Å². The van der Waals surface area contributed by atoms with Gasteiger partial charge in [0.15, 0.2) is 0 Å². The zero-order valence-corrected chi connectivity index (χ0v) is 14.1. The van der Waals surface area contributed by atoms with Gasteiger partial charge in [-0.15, -0.1) is 0 Å². The van der Waals surface area contributed by atoms with Crippen molar-refractivity contribution in [3.05, 3.63) is 36.4 Å². The first-order valence-electron chi connectivity index (χ1n) is 6.67. The summed E-state index contributed by atoms with van der Waals surface area (Å²) in [6.45, 7) is 0. The van der Waals surface area contributed by atoms with Gasteiger partial charge in [0.05, 0.1) is 28.4 Å². The Morgan fingerprint density at radius 3 is 1.35 bits per heavy atom. The molecule has 0 radical (unpaired) electrons. The highest BCUT2D eigenvalue weighted by Gasteiger charge is 2.26. The van der Waals surface area contributed by atoms with Crippen LogP contribution in [-0.2, 0) is 9.84 Å². The van der Waals surface area contributed by atoms with Crippen molar-refractivity contribution in [2.24, 2.45) is 0 Å². The summed E-state index contributed by atoms with van der Waals surface area (Å²) in [6, 6.07) is 9.04. The molecule has 0 N–H and O–H groups in total. The standard InChI is InChI=1S/C16H18O6S/c1-19-11-5-7-15(13(9-11)21-3)23(17,18)16-8-6-12(20-2)10-14(16)22-4/h5-10H,1-4H3. The van der Waals surface area contributed by atoms with E-state index in [1.807, 2.05) is 0 Å². The van der Waals surface area contributed by atoms with Gasteiger partial charge >= 0.3 is 0 Å². The minimum atomic E-state index is -3.84. The van der Waals surface area contributed by atoms with Crippen LogP contribution in [0, 0.1) is 0 Å². The number of hydrogen-bond acceptors (Lipinski definition) is 6. The Morgan fingerprint density at radius 1 is 0.652 bits per heavy atom. The molecule has 124 valence electrons. The van der Waals surface area contributed by atoms with Gasteiger partial charge in [0.25, 0.3) is 0 Å². The summed E-state index contributed by atoms with van der Waals surface area (Å²) in [5, 5.41) is 0. The number of hydrogen-bond donors (Lipinski definition) is 0. The first-order valence-corrected chi connectivity index (χ1v) is 8.15. The predicted octanol–water partition coefficient (Wildman–Crippen LogP) is 2.55. The third-order valence-electron chi connectivity index (χ3n) is 3.32. The molecule has 2 rings (SSSR count). The van der Waals surface area contributed by atoms with Gasteiger partial charge in [-0.1, -0.05) is 0 Å². The predicted molar refractivity (Wildman–Crippen MR) is 84.5 cm³/mol. The summed E-state index contributed by atoms with van der Waals surface area (Å²) in [7, 11) is 1.96. The Hall–Kier alpha value is -2.41. The van der Waals surface area contributed by atoms with E-state index in [0.29, 0.717) is 11.5 Å². The Balaban J connectivity index is 2.63.